The van der Waals surface area contributed by atoms with Crippen LogP contribution in [0.4, 0.5) is 5.95 Å². The second-order valence-corrected chi connectivity index (χ2v) is 3.58. The van der Waals surface area contributed by atoms with Crippen molar-refractivity contribution in [1.82, 2.24) is 5.10 Å². The monoisotopic (exact) mass is 252 g/mol. The molecule has 0 unspecified atom stereocenters. The van der Waals surface area contributed by atoms with Gasteiger partial charge in [-0.3, -0.25) is 10.1 Å². The van der Waals surface area contributed by atoms with Crippen molar-refractivity contribution in [1.29, 1.82) is 0 Å². The normalized spacial score (nSPS) is 10.4. The molecule has 4 N–H and O–H groups in total. The average molecular weight is 252 g/mol. The van der Waals surface area contributed by atoms with Gasteiger partial charge in [-0.2, -0.15) is 0 Å². The molecule has 0 spiro atoms. The zero-order valence-electron chi connectivity index (χ0n) is 9.32. The standard InChI is InChI=1S/C10H10N4O4/c15-9(16)5-6-11-10-12-14(18)8-4-2-1-3-7(8)13(10)17/h1-4,17H,5-6H2,(H-,11,12,15,16,18)/p+2. The minimum Gasteiger partial charge on any atom is -0.481 e. The van der Waals surface area contributed by atoms with Crippen LogP contribution in [0.2, 0.25) is 0 Å². The van der Waals surface area contributed by atoms with Gasteiger partial charge in [0.1, 0.15) is 0 Å². The van der Waals surface area contributed by atoms with E-state index in [4.69, 9.17) is 5.11 Å². The second-order valence-electron chi connectivity index (χ2n) is 3.58. The van der Waals surface area contributed by atoms with Crippen molar-refractivity contribution < 1.29 is 29.9 Å². The van der Waals surface area contributed by atoms with Crippen molar-refractivity contribution in [2.24, 2.45) is 0 Å². The minimum atomic E-state index is -0.968. The highest BCUT2D eigenvalue weighted by Crippen LogP contribution is 2.04. The zero-order valence-corrected chi connectivity index (χ0v) is 9.32. The van der Waals surface area contributed by atoms with Gasteiger partial charge in [0.05, 0.1) is 13.0 Å². The first-order valence-corrected chi connectivity index (χ1v) is 5.21. The molecule has 0 aliphatic rings. The van der Waals surface area contributed by atoms with Gasteiger partial charge < -0.3 is 10.3 Å². The molecule has 18 heavy (non-hydrogen) atoms. The van der Waals surface area contributed by atoms with Gasteiger partial charge in [0, 0.05) is 6.07 Å². The first kappa shape index (κ1) is 11.8. The summed E-state index contributed by atoms with van der Waals surface area (Å²) in [6.45, 7) is 0.0846. The molecule has 8 nitrogen and oxygen atoms in total. The minimum absolute atomic E-state index is 0.0440. The quantitative estimate of drug-likeness (QED) is 0.417. The van der Waals surface area contributed by atoms with Crippen molar-refractivity contribution in [3.63, 3.8) is 0 Å². The number of aliphatic carboxylic acids is 1. The van der Waals surface area contributed by atoms with Crippen LogP contribution in [0, 0.1) is 0 Å². The van der Waals surface area contributed by atoms with Crippen molar-refractivity contribution >= 4 is 23.0 Å². The third-order valence-corrected chi connectivity index (χ3v) is 2.34. The first-order chi connectivity index (χ1) is 8.59. The molecule has 1 aromatic heterocycles. The Kier molecular flexibility index (Phi) is 3.09. The van der Waals surface area contributed by atoms with Crippen LogP contribution in [0.15, 0.2) is 24.3 Å². The number of rotatable bonds is 4. The number of nitrogens with one attached hydrogen (secondary N) is 1. The van der Waals surface area contributed by atoms with Gasteiger partial charge in [-0.1, -0.05) is 12.1 Å². The Morgan fingerprint density at radius 1 is 1.28 bits per heavy atom. The highest BCUT2D eigenvalue weighted by molar-refractivity contribution is 5.68. The Morgan fingerprint density at radius 3 is 2.61 bits per heavy atom. The molecular formula is C10H12N4O4+2. The van der Waals surface area contributed by atoms with Crippen molar-refractivity contribution in [3.05, 3.63) is 24.3 Å². The number of carbonyl (C=O) groups is 1. The average Bonchev–Trinajstić information content (AvgIpc) is 2.35. The zero-order chi connectivity index (χ0) is 13.1. The Balaban J connectivity index is 2.34. The summed E-state index contributed by atoms with van der Waals surface area (Å²) in [4.78, 5) is 11.0. The van der Waals surface area contributed by atoms with Gasteiger partial charge in [0.25, 0.3) is 5.10 Å². The van der Waals surface area contributed by atoms with Crippen LogP contribution >= 0.6 is 0 Å². The summed E-state index contributed by atoms with van der Waals surface area (Å²) in [7, 11) is 0. The predicted molar refractivity (Wildman–Crippen MR) is 57.2 cm³/mol. The highest BCUT2D eigenvalue weighted by atomic mass is 16.5. The van der Waals surface area contributed by atoms with Gasteiger partial charge in [0.15, 0.2) is 0 Å². The lowest BCUT2D eigenvalue weighted by molar-refractivity contribution is -0.950. The maximum absolute atomic E-state index is 10.4. The molecule has 0 atom stereocenters. The molecule has 94 valence electrons. The van der Waals surface area contributed by atoms with Crippen LogP contribution in [0.1, 0.15) is 6.42 Å². The molecule has 0 saturated carbocycles. The van der Waals surface area contributed by atoms with Crippen molar-refractivity contribution in [2.75, 3.05) is 11.9 Å². The summed E-state index contributed by atoms with van der Waals surface area (Å²) in [5.74, 6) is -1.01. The highest BCUT2D eigenvalue weighted by Gasteiger charge is 2.26. The molecular weight excluding hydrogens is 240 g/mol. The molecule has 0 bridgehead atoms. The van der Waals surface area contributed by atoms with E-state index in [1.807, 2.05) is 0 Å². The van der Waals surface area contributed by atoms with Crippen molar-refractivity contribution in [3.8, 4) is 0 Å². The third-order valence-electron chi connectivity index (χ3n) is 2.34. The Labute approximate surface area is 101 Å². The summed E-state index contributed by atoms with van der Waals surface area (Å²) < 4.78 is 0.754. The van der Waals surface area contributed by atoms with E-state index in [1.165, 1.54) is 0 Å². The lowest BCUT2D eigenvalue weighted by atomic mass is 10.3. The molecule has 1 aromatic carbocycles. The molecule has 2 rings (SSSR count). The molecule has 0 aliphatic heterocycles. The third kappa shape index (κ3) is 2.21. The van der Waals surface area contributed by atoms with Crippen LogP contribution < -0.4 is 14.9 Å². The van der Waals surface area contributed by atoms with Crippen molar-refractivity contribution in [2.45, 2.75) is 6.42 Å². The molecule has 0 saturated heterocycles. The molecule has 8 heteroatoms. The topological polar surface area (TPSA) is 110 Å². The maximum atomic E-state index is 10.4. The Bertz CT molecular complexity index is 602. The lowest BCUT2D eigenvalue weighted by Gasteiger charge is -1.98. The fourth-order valence-electron chi connectivity index (χ4n) is 1.50. The maximum Gasteiger partial charge on any atom is 0.500 e. The largest absolute Gasteiger partial charge is 0.500 e. The fourth-order valence-corrected chi connectivity index (χ4v) is 1.50. The summed E-state index contributed by atoms with van der Waals surface area (Å²) in [5.41, 5.74) is 0.664. The Hall–Kier alpha value is -2.64. The number of fused-ring (bicyclic) bond motifs is 1. The second kappa shape index (κ2) is 4.70. The van der Waals surface area contributed by atoms with E-state index < -0.39 is 5.97 Å². The number of hydrogen-bond acceptors (Lipinski definition) is 5. The number of anilines is 1. The van der Waals surface area contributed by atoms with Gasteiger partial charge in [0.2, 0.25) is 10.4 Å². The summed E-state index contributed by atoms with van der Waals surface area (Å²) in [6, 6.07) is 6.55. The smallest absolute Gasteiger partial charge is 0.481 e. The molecule has 0 aliphatic carbocycles. The van der Waals surface area contributed by atoms with Crippen LogP contribution in [0.3, 0.4) is 0 Å². The number of hydrogen-bond donors (Lipinski definition) is 4. The molecule has 0 fully saturated rings. The van der Waals surface area contributed by atoms with E-state index in [-0.39, 0.29) is 18.9 Å². The number of benzene rings is 1. The van der Waals surface area contributed by atoms with Crippen LogP contribution in [-0.4, -0.2) is 33.1 Å². The van der Waals surface area contributed by atoms with E-state index in [2.05, 4.69) is 10.4 Å². The van der Waals surface area contributed by atoms with E-state index in [1.54, 1.807) is 24.3 Å². The number of para-hydroxylation sites is 2. The lowest BCUT2D eigenvalue weighted by Crippen LogP contribution is -2.47. The number of carboxylic acid groups (broad SMARTS) is 1. The van der Waals surface area contributed by atoms with E-state index >= 15 is 0 Å². The van der Waals surface area contributed by atoms with Crippen LogP contribution in [-0.2, 0) is 4.79 Å². The van der Waals surface area contributed by atoms with Gasteiger partial charge >= 0.3 is 17.4 Å². The number of carboxylic acids is 1. The van der Waals surface area contributed by atoms with Gasteiger partial charge in [-0.05, 0) is 10.8 Å². The summed E-state index contributed by atoms with van der Waals surface area (Å²) >= 11 is 0. The predicted octanol–water partition coefficient (Wildman–Crippen LogP) is -0.829. The van der Waals surface area contributed by atoms with Gasteiger partial charge in [-0.25, -0.2) is 5.21 Å². The van der Waals surface area contributed by atoms with E-state index in [0.29, 0.717) is 15.9 Å². The SMILES string of the molecule is O=C(O)CCNc1n[n+](O)c2ccccc2[n+]1O. The molecule has 0 amide bonds. The first-order valence-electron chi connectivity index (χ1n) is 5.21. The number of aromatic nitrogens is 3. The molecule has 0 radical (unpaired) electrons. The summed E-state index contributed by atoms with van der Waals surface area (Å²) in [5, 5.41) is 34.3. The van der Waals surface area contributed by atoms with Gasteiger partial charge in [-0.15, -0.1) is 0 Å². The van der Waals surface area contributed by atoms with Crippen LogP contribution in [0.25, 0.3) is 11.0 Å². The number of nitrogens with zero attached hydrogens (tertiary/aromatic N) is 3. The fraction of sp³-hybridized carbons (Fsp3) is 0.200. The van der Waals surface area contributed by atoms with E-state index in [9.17, 15) is 15.2 Å². The Morgan fingerprint density at radius 2 is 1.94 bits per heavy atom. The summed E-state index contributed by atoms with van der Waals surface area (Å²) in [6.07, 6.45) is -0.125. The van der Waals surface area contributed by atoms with E-state index in [0.717, 1.165) is 4.73 Å². The molecule has 1 heterocycles. The molecule has 2 aromatic rings. The van der Waals surface area contributed by atoms with Crippen LogP contribution in [0.5, 0.6) is 0 Å².